The molecule has 0 spiro atoms. The van der Waals surface area contributed by atoms with E-state index < -0.39 is 55.3 Å². The third-order valence-electron chi connectivity index (χ3n) is 5.56. The number of amides is 3. The van der Waals surface area contributed by atoms with Gasteiger partial charge in [-0.3, -0.25) is 14.4 Å². The number of halogens is 3. The SMILES string of the molecule is CC(=O)N(CCO)c1c(I)c(C(=O)N(C)C[C@H](O)[C@@H](O)[C@H](O)[C@H](O)CO)c(I)c(N(CCO)C(C)=O)c1I. The molecule has 0 unspecified atom stereocenters. The standard InChI is InChI=1S/C22H32I3N3O10/c1-10(32)27(4-6-29)18-15(23)14(16(24)19(17(18)25)28(5-7-30)11(2)33)22(38)26(3)8-12(34)20(36)21(37)13(35)9-31/h12-13,20-21,29-31,34-37H,4-9H2,1-3H3/t12-,13+,20+,21+/m0/s1. The van der Waals surface area contributed by atoms with Crippen molar-refractivity contribution in [3.63, 3.8) is 0 Å². The molecule has 38 heavy (non-hydrogen) atoms. The molecule has 0 aromatic heterocycles. The number of carbonyl (C=O) groups excluding carboxylic acids is 3. The lowest BCUT2D eigenvalue weighted by molar-refractivity contribution is -0.117. The van der Waals surface area contributed by atoms with Gasteiger partial charge < -0.3 is 50.4 Å². The van der Waals surface area contributed by atoms with Crippen molar-refractivity contribution in [2.24, 2.45) is 0 Å². The summed E-state index contributed by atoms with van der Waals surface area (Å²) < 4.78 is 1.07. The fourth-order valence-electron chi connectivity index (χ4n) is 3.58. The second-order valence-electron chi connectivity index (χ2n) is 8.29. The maximum atomic E-state index is 13.7. The minimum Gasteiger partial charge on any atom is -0.395 e. The van der Waals surface area contributed by atoms with Crippen molar-refractivity contribution in [3.05, 3.63) is 16.3 Å². The van der Waals surface area contributed by atoms with Gasteiger partial charge in [-0.05, 0) is 67.8 Å². The summed E-state index contributed by atoms with van der Waals surface area (Å²) in [4.78, 5) is 42.3. The Labute approximate surface area is 260 Å². The molecule has 1 aromatic rings. The maximum absolute atomic E-state index is 13.7. The number of benzene rings is 1. The molecule has 0 aliphatic rings. The summed E-state index contributed by atoms with van der Waals surface area (Å²) in [7, 11) is 1.32. The van der Waals surface area contributed by atoms with Gasteiger partial charge in [0.25, 0.3) is 5.91 Å². The number of nitrogens with zero attached hydrogens (tertiary/aromatic N) is 3. The predicted molar refractivity (Wildman–Crippen MR) is 163 cm³/mol. The van der Waals surface area contributed by atoms with Crippen molar-refractivity contribution in [1.29, 1.82) is 0 Å². The van der Waals surface area contributed by atoms with Crippen LogP contribution < -0.4 is 9.80 Å². The molecule has 3 amide bonds. The first-order chi connectivity index (χ1) is 17.7. The van der Waals surface area contributed by atoms with Crippen LogP contribution in [0.1, 0.15) is 24.2 Å². The highest BCUT2D eigenvalue weighted by molar-refractivity contribution is 14.1. The van der Waals surface area contributed by atoms with Crippen molar-refractivity contribution in [2.45, 2.75) is 38.3 Å². The van der Waals surface area contributed by atoms with Crippen LogP contribution in [-0.4, -0.2) is 129 Å². The van der Waals surface area contributed by atoms with Gasteiger partial charge in [0.2, 0.25) is 11.8 Å². The third-order valence-corrected chi connectivity index (χ3v) is 8.69. The number of likely N-dealkylation sites (N-methyl/N-ethyl adjacent to an activating group) is 1. The predicted octanol–water partition coefficient (Wildman–Crippen LogP) is -1.30. The van der Waals surface area contributed by atoms with E-state index in [1.165, 1.54) is 30.7 Å². The Hall–Kier alpha value is -0.460. The zero-order valence-electron chi connectivity index (χ0n) is 20.9. The quantitative estimate of drug-likeness (QED) is 0.117. The van der Waals surface area contributed by atoms with Gasteiger partial charge in [0.1, 0.15) is 24.4 Å². The van der Waals surface area contributed by atoms with Crippen LogP contribution in [0.2, 0.25) is 0 Å². The van der Waals surface area contributed by atoms with Gasteiger partial charge in [0.15, 0.2) is 0 Å². The van der Waals surface area contributed by atoms with E-state index in [2.05, 4.69) is 0 Å². The summed E-state index contributed by atoms with van der Waals surface area (Å²) in [5, 5.41) is 68.1. The number of aliphatic hydroxyl groups is 7. The Morgan fingerprint density at radius 1 is 0.737 bits per heavy atom. The molecule has 0 heterocycles. The maximum Gasteiger partial charge on any atom is 0.256 e. The largest absolute Gasteiger partial charge is 0.395 e. The van der Waals surface area contributed by atoms with Gasteiger partial charge in [-0.15, -0.1) is 0 Å². The molecule has 216 valence electrons. The topological polar surface area (TPSA) is 203 Å². The summed E-state index contributed by atoms with van der Waals surface area (Å²) in [6.45, 7) is 0.275. The Bertz CT molecular complexity index is 964. The van der Waals surface area contributed by atoms with Crippen molar-refractivity contribution in [2.75, 3.05) is 56.3 Å². The van der Waals surface area contributed by atoms with E-state index in [1.54, 1.807) is 0 Å². The van der Waals surface area contributed by atoms with E-state index in [0.29, 0.717) is 10.7 Å². The average molecular weight is 879 g/mol. The van der Waals surface area contributed by atoms with Crippen LogP contribution in [0.4, 0.5) is 11.4 Å². The minimum absolute atomic E-state index is 0.0603. The molecule has 0 bridgehead atoms. The zero-order chi connectivity index (χ0) is 29.5. The van der Waals surface area contributed by atoms with Crippen molar-refractivity contribution in [1.82, 2.24) is 4.90 Å². The van der Waals surface area contributed by atoms with Gasteiger partial charge in [0.05, 0.1) is 47.5 Å². The van der Waals surface area contributed by atoms with Gasteiger partial charge in [0, 0.05) is 40.5 Å². The summed E-state index contributed by atoms with van der Waals surface area (Å²) >= 11 is 5.70. The van der Waals surface area contributed by atoms with Gasteiger partial charge in [-0.1, -0.05) is 0 Å². The van der Waals surface area contributed by atoms with Gasteiger partial charge >= 0.3 is 0 Å². The Morgan fingerprint density at radius 3 is 1.47 bits per heavy atom. The number of carbonyl (C=O) groups is 3. The Kier molecular flexibility index (Phi) is 15.1. The number of hydrogen-bond acceptors (Lipinski definition) is 10. The first-order valence-corrected chi connectivity index (χ1v) is 14.5. The van der Waals surface area contributed by atoms with E-state index in [4.69, 9.17) is 5.11 Å². The second-order valence-corrected chi connectivity index (χ2v) is 11.5. The molecule has 1 aromatic carbocycles. The van der Waals surface area contributed by atoms with Gasteiger partial charge in [-0.25, -0.2) is 0 Å². The lowest BCUT2D eigenvalue weighted by Crippen LogP contribution is -2.50. The summed E-state index contributed by atoms with van der Waals surface area (Å²) in [5.74, 6) is -1.53. The highest BCUT2D eigenvalue weighted by Crippen LogP contribution is 2.43. The number of aliphatic hydroxyl groups excluding tert-OH is 7. The average Bonchev–Trinajstić information content (AvgIpc) is 2.85. The van der Waals surface area contributed by atoms with Crippen LogP contribution in [0, 0.1) is 10.7 Å². The molecule has 13 nitrogen and oxygen atoms in total. The lowest BCUT2D eigenvalue weighted by Gasteiger charge is -2.32. The molecule has 0 saturated heterocycles. The number of rotatable bonds is 13. The van der Waals surface area contributed by atoms with Crippen molar-refractivity contribution in [3.8, 4) is 0 Å². The Balaban J connectivity index is 3.75. The number of hydrogen-bond donors (Lipinski definition) is 7. The van der Waals surface area contributed by atoms with Crippen LogP contribution in [0.15, 0.2) is 0 Å². The van der Waals surface area contributed by atoms with Crippen molar-refractivity contribution >= 4 is 96.9 Å². The molecule has 7 N–H and O–H groups in total. The zero-order valence-corrected chi connectivity index (χ0v) is 27.4. The smallest absolute Gasteiger partial charge is 0.256 e. The molecular weight excluding hydrogens is 847 g/mol. The third kappa shape index (κ3) is 8.28. The molecule has 16 heteroatoms. The highest BCUT2D eigenvalue weighted by atomic mass is 127. The van der Waals surface area contributed by atoms with E-state index in [0.717, 1.165) is 4.90 Å². The van der Waals surface area contributed by atoms with Crippen LogP contribution in [0.5, 0.6) is 0 Å². The molecular formula is C22H32I3N3O10. The second kappa shape index (κ2) is 16.1. The van der Waals surface area contributed by atoms with E-state index in [9.17, 15) is 45.0 Å². The minimum atomic E-state index is -1.89. The van der Waals surface area contributed by atoms with E-state index in [1.807, 2.05) is 67.8 Å². The van der Waals surface area contributed by atoms with Crippen LogP contribution >= 0.6 is 67.8 Å². The highest BCUT2D eigenvalue weighted by Gasteiger charge is 2.35. The summed E-state index contributed by atoms with van der Waals surface area (Å²) in [5.41, 5.74) is 0.600. The van der Waals surface area contributed by atoms with Crippen LogP contribution in [-0.2, 0) is 9.59 Å². The van der Waals surface area contributed by atoms with Crippen molar-refractivity contribution < 1.29 is 50.1 Å². The van der Waals surface area contributed by atoms with Gasteiger partial charge in [-0.2, -0.15) is 0 Å². The Morgan fingerprint density at radius 2 is 1.13 bits per heavy atom. The lowest BCUT2D eigenvalue weighted by atomic mass is 10.0. The molecule has 0 radical (unpaired) electrons. The first kappa shape index (κ1) is 35.6. The summed E-state index contributed by atoms with van der Waals surface area (Å²) in [6, 6.07) is 0. The van der Waals surface area contributed by atoms with E-state index in [-0.39, 0.29) is 43.2 Å². The molecule has 4 atom stereocenters. The molecule has 1 rings (SSSR count). The monoisotopic (exact) mass is 879 g/mol. The normalized spacial score (nSPS) is 14.4. The van der Waals surface area contributed by atoms with E-state index >= 15 is 0 Å². The molecule has 0 fully saturated rings. The molecule has 0 aliphatic heterocycles. The fraction of sp³-hybridized carbons (Fsp3) is 0.591. The van der Waals surface area contributed by atoms with Crippen LogP contribution in [0.25, 0.3) is 0 Å². The first-order valence-electron chi connectivity index (χ1n) is 11.2. The molecule has 0 saturated carbocycles. The van der Waals surface area contributed by atoms with Crippen LogP contribution in [0.3, 0.4) is 0 Å². The summed E-state index contributed by atoms with van der Waals surface area (Å²) in [6.07, 6.45) is -7.18. The fourth-order valence-corrected chi connectivity index (χ4v) is 8.37. The molecule has 0 aliphatic carbocycles. The number of anilines is 2.